The molecule has 1 fully saturated rings. The molecule has 1 N–H and O–H groups in total. The van der Waals surface area contributed by atoms with E-state index in [-0.39, 0.29) is 17.8 Å². The van der Waals surface area contributed by atoms with Gasteiger partial charge in [-0.15, -0.1) is 0 Å². The Kier molecular flexibility index (Phi) is 8.30. The van der Waals surface area contributed by atoms with Crippen molar-refractivity contribution in [3.8, 4) is 23.0 Å². The number of halogens is 1. The molecule has 1 aliphatic rings. The van der Waals surface area contributed by atoms with Gasteiger partial charge in [0.15, 0.2) is 23.1 Å². The van der Waals surface area contributed by atoms with Gasteiger partial charge in [-0.3, -0.25) is 9.78 Å². The molecule has 1 amide bonds. The van der Waals surface area contributed by atoms with E-state index in [0.29, 0.717) is 36.0 Å². The number of hydrogen-bond acceptors (Lipinski definition) is 6. The first-order valence-electron chi connectivity index (χ1n) is 11.4. The monoisotopic (exact) mass is 478 g/mol. The third-order valence-electron chi connectivity index (χ3n) is 5.39. The standard InChI is InChI=1S/C27H27FN2O5/c1-32-26-15-20(7-10-25(26)34-18-22-5-3-13-33-22)16-30-27(31)11-8-19-6-9-24(23(28)14-19)35-21-4-2-12-29-17-21/h2,4,6-12,14-15,17,22H,3,5,13,16,18H2,1H3,(H,30,31)/b11-8+. The molecule has 4 rings (SSSR count). The van der Waals surface area contributed by atoms with Gasteiger partial charge in [0.2, 0.25) is 5.91 Å². The zero-order valence-electron chi connectivity index (χ0n) is 19.4. The number of nitrogens with zero attached hydrogens (tertiary/aromatic N) is 1. The Hall–Kier alpha value is -3.91. The number of methoxy groups -OCH3 is 1. The summed E-state index contributed by atoms with van der Waals surface area (Å²) in [4.78, 5) is 16.2. The van der Waals surface area contributed by atoms with Crippen LogP contribution in [0.1, 0.15) is 24.0 Å². The van der Waals surface area contributed by atoms with Crippen LogP contribution in [0, 0.1) is 5.82 Å². The summed E-state index contributed by atoms with van der Waals surface area (Å²) in [5, 5.41) is 2.81. The molecule has 7 nitrogen and oxygen atoms in total. The molecule has 1 aliphatic heterocycles. The first-order chi connectivity index (χ1) is 17.1. The number of nitrogens with one attached hydrogen (secondary N) is 1. The van der Waals surface area contributed by atoms with E-state index in [0.717, 1.165) is 25.0 Å². The summed E-state index contributed by atoms with van der Waals surface area (Å²) in [6.45, 7) is 1.56. The van der Waals surface area contributed by atoms with Crippen molar-refractivity contribution in [3.05, 3.63) is 83.9 Å². The van der Waals surface area contributed by atoms with Crippen LogP contribution in [0.15, 0.2) is 67.0 Å². The number of benzene rings is 2. The van der Waals surface area contributed by atoms with Gasteiger partial charge >= 0.3 is 0 Å². The minimum atomic E-state index is -0.537. The zero-order chi connectivity index (χ0) is 24.5. The highest BCUT2D eigenvalue weighted by Gasteiger charge is 2.17. The highest BCUT2D eigenvalue weighted by Crippen LogP contribution is 2.29. The predicted molar refractivity (Wildman–Crippen MR) is 129 cm³/mol. The molecular formula is C27H27FN2O5. The fourth-order valence-electron chi connectivity index (χ4n) is 3.56. The lowest BCUT2D eigenvalue weighted by atomic mass is 10.2. The van der Waals surface area contributed by atoms with Gasteiger partial charge in [0.05, 0.1) is 19.4 Å². The Morgan fingerprint density at radius 1 is 1.20 bits per heavy atom. The Balaban J connectivity index is 1.29. The van der Waals surface area contributed by atoms with Crippen molar-refractivity contribution in [1.29, 1.82) is 0 Å². The number of carbonyl (C=O) groups is 1. The molecule has 0 bridgehead atoms. The molecule has 8 heteroatoms. The number of pyridine rings is 1. The lowest BCUT2D eigenvalue weighted by Gasteiger charge is -2.15. The van der Waals surface area contributed by atoms with Crippen LogP contribution in [0.25, 0.3) is 6.08 Å². The van der Waals surface area contributed by atoms with Crippen LogP contribution in [-0.2, 0) is 16.1 Å². The fraction of sp³-hybridized carbons (Fsp3) is 0.259. The molecule has 1 unspecified atom stereocenters. The SMILES string of the molecule is COc1cc(CNC(=O)/C=C/c2ccc(Oc3cccnc3)c(F)c2)ccc1OCC1CCCO1. The quantitative estimate of drug-likeness (QED) is 0.417. The second-order valence-electron chi connectivity index (χ2n) is 7.96. The second kappa shape index (κ2) is 12.0. The Morgan fingerprint density at radius 2 is 2.09 bits per heavy atom. The fourth-order valence-corrected chi connectivity index (χ4v) is 3.56. The van der Waals surface area contributed by atoms with E-state index in [2.05, 4.69) is 10.3 Å². The summed E-state index contributed by atoms with van der Waals surface area (Å²) in [5.74, 6) is 0.902. The minimum absolute atomic E-state index is 0.0803. The predicted octanol–water partition coefficient (Wildman–Crippen LogP) is 4.91. The van der Waals surface area contributed by atoms with Crippen LogP contribution in [0.3, 0.4) is 0 Å². The summed E-state index contributed by atoms with van der Waals surface area (Å²) in [6.07, 6.45) is 8.16. The van der Waals surface area contributed by atoms with Gasteiger partial charge in [0, 0.05) is 25.4 Å². The molecule has 0 aliphatic carbocycles. The van der Waals surface area contributed by atoms with Gasteiger partial charge in [0.25, 0.3) is 0 Å². The average Bonchev–Trinajstić information content (AvgIpc) is 3.41. The van der Waals surface area contributed by atoms with Crippen molar-refractivity contribution in [1.82, 2.24) is 10.3 Å². The zero-order valence-corrected chi connectivity index (χ0v) is 19.4. The summed E-state index contributed by atoms with van der Waals surface area (Å²) >= 11 is 0. The van der Waals surface area contributed by atoms with Crippen LogP contribution in [0.5, 0.6) is 23.0 Å². The van der Waals surface area contributed by atoms with Crippen molar-refractivity contribution in [2.45, 2.75) is 25.5 Å². The molecule has 3 aromatic rings. The summed E-state index contributed by atoms with van der Waals surface area (Å²) in [7, 11) is 1.57. The van der Waals surface area contributed by atoms with E-state index >= 15 is 0 Å². The highest BCUT2D eigenvalue weighted by molar-refractivity contribution is 5.91. The molecule has 1 saturated heterocycles. The number of hydrogen-bond donors (Lipinski definition) is 1. The van der Waals surface area contributed by atoms with Gasteiger partial charge in [-0.1, -0.05) is 12.1 Å². The number of aromatic nitrogens is 1. The molecule has 182 valence electrons. The van der Waals surface area contributed by atoms with Gasteiger partial charge < -0.3 is 24.3 Å². The Morgan fingerprint density at radius 3 is 2.83 bits per heavy atom. The molecule has 35 heavy (non-hydrogen) atoms. The van der Waals surface area contributed by atoms with E-state index in [4.69, 9.17) is 18.9 Å². The lowest BCUT2D eigenvalue weighted by molar-refractivity contribution is -0.116. The molecule has 0 radical (unpaired) electrons. The summed E-state index contributed by atoms with van der Waals surface area (Å²) in [5.41, 5.74) is 1.39. The molecule has 0 spiro atoms. The van der Waals surface area contributed by atoms with Gasteiger partial charge in [-0.05, 0) is 66.4 Å². The van der Waals surface area contributed by atoms with Gasteiger partial charge in [-0.2, -0.15) is 0 Å². The van der Waals surface area contributed by atoms with Gasteiger partial charge in [-0.25, -0.2) is 4.39 Å². The van der Waals surface area contributed by atoms with Crippen molar-refractivity contribution in [3.63, 3.8) is 0 Å². The smallest absolute Gasteiger partial charge is 0.244 e. The molecule has 2 heterocycles. The van der Waals surface area contributed by atoms with Crippen molar-refractivity contribution >= 4 is 12.0 Å². The van der Waals surface area contributed by atoms with E-state index in [1.165, 1.54) is 30.5 Å². The summed E-state index contributed by atoms with van der Waals surface area (Å²) < 4.78 is 36.7. The van der Waals surface area contributed by atoms with Crippen LogP contribution >= 0.6 is 0 Å². The van der Waals surface area contributed by atoms with E-state index < -0.39 is 5.82 Å². The largest absolute Gasteiger partial charge is 0.493 e. The maximum absolute atomic E-state index is 14.4. The second-order valence-corrected chi connectivity index (χ2v) is 7.96. The molecular weight excluding hydrogens is 451 g/mol. The third kappa shape index (κ3) is 7.04. The lowest BCUT2D eigenvalue weighted by Crippen LogP contribution is -2.20. The van der Waals surface area contributed by atoms with E-state index in [1.54, 1.807) is 31.5 Å². The first kappa shape index (κ1) is 24.2. The van der Waals surface area contributed by atoms with Crippen molar-refractivity contribution < 1.29 is 28.1 Å². The van der Waals surface area contributed by atoms with E-state index in [1.807, 2.05) is 18.2 Å². The number of amides is 1. The Labute approximate surface area is 203 Å². The maximum atomic E-state index is 14.4. The van der Waals surface area contributed by atoms with Crippen LogP contribution < -0.4 is 19.5 Å². The molecule has 2 aromatic carbocycles. The van der Waals surface area contributed by atoms with Crippen LogP contribution in [-0.4, -0.2) is 37.3 Å². The third-order valence-corrected chi connectivity index (χ3v) is 5.39. The van der Waals surface area contributed by atoms with Crippen LogP contribution in [0.2, 0.25) is 0 Å². The van der Waals surface area contributed by atoms with E-state index in [9.17, 15) is 9.18 Å². The maximum Gasteiger partial charge on any atom is 0.244 e. The first-order valence-corrected chi connectivity index (χ1v) is 11.4. The topological polar surface area (TPSA) is 78.9 Å². The van der Waals surface area contributed by atoms with Crippen molar-refractivity contribution in [2.75, 3.05) is 20.3 Å². The minimum Gasteiger partial charge on any atom is -0.493 e. The van der Waals surface area contributed by atoms with Crippen molar-refractivity contribution in [2.24, 2.45) is 0 Å². The molecule has 1 atom stereocenters. The van der Waals surface area contributed by atoms with Crippen LogP contribution in [0.4, 0.5) is 4.39 Å². The number of carbonyl (C=O) groups excluding carboxylic acids is 1. The highest BCUT2D eigenvalue weighted by atomic mass is 19.1. The van der Waals surface area contributed by atoms with Gasteiger partial charge in [0.1, 0.15) is 12.4 Å². The summed E-state index contributed by atoms with van der Waals surface area (Å²) in [6, 6.07) is 13.4. The average molecular weight is 479 g/mol. The molecule has 1 aromatic heterocycles. The Bertz CT molecular complexity index is 1160. The number of ether oxygens (including phenoxy) is 4. The molecule has 0 saturated carbocycles. The number of rotatable bonds is 10. The normalized spacial score (nSPS) is 15.2.